The van der Waals surface area contributed by atoms with Crippen LogP contribution < -0.4 is 5.32 Å². The fourth-order valence-corrected chi connectivity index (χ4v) is 6.74. The first-order valence-corrected chi connectivity index (χ1v) is 12.5. The van der Waals surface area contributed by atoms with Gasteiger partial charge in [-0.05, 0) is 25.5 Å². The second kappa shape index (κ2) is 9.22. The normalized spacial score (nSPS) is 20.3. The molecule has 16 heteroatoms. The van der Waals surface area contributed by atoms with Crippen LogP contribution in [0.15, 0.2) is 21.7 Å². The molecule has 1 fully saturated rings. The van der Waals surface area contributed by atoms with Crippen LogP contribution in [-0.2, 0) is 27.1 Å². The highest BCUT2D eigenvalue weighted by Gasteiger charge is 2.54. The standard InChI is InChI=1S/C18H17F3N6O4S3/c1-7-3-10(18(19,20)21)25-26(7)4-11(28)22-12-14(29)27-13(16(30)31)9(5-32-15(12)27)6-33-17-24-23-8(2)34-17/h3,12,15H,4-6H2,1-2H3,(H,22,28)(H,30,31)/t12-,15+/m1/s1. The maximum Gasteiger partial charge on any atom is 0.435 e. The number of carboxylic acids is 1. The van der Waals surface area contributed by atoms with Crippen LogP contribution in [0.2, 0.25) is 0 Å². The molecule has 2 aromatic heterocycles. The molecule has 0 radical (unpaired) electrons. The number of nitrogens with zero attached hydrogens (tertiary/aromatic N) is 5. The van der Waals surface area contributed by atoms with Gasteiger partial charge in [-0.3, -0.25) is 19.2 Å². The second-order valence-electron chi connectivity index (χ2n) is 7.41. The number of aromatic nitrogens is 4. The number of fused-ring (bicyclic) bond motifs is 1. The van der Waals surface area contributed by atoms with E-state index < -0.39 is 47.6 Å². The molecule has 2 aliphatic rings. The third kappa shape index (κ3) is 4.79. The Morgan fingerprint density at radius 1 is 1.32 bits per heavy atom. The zero-order valence-corrected chi connectivity index (χ0v) is 20.1. The summed E-state index contributed by atoms with van der Waals surface area (Å²) >= 11 is 4.01. The van der Waals surface area contributed by atoms with E-state index in [1.807, 2.05) is 0 Å². The van der Waals surface area contributed by atoms with Gasteiger partial charge in [-0.25, -0.2) is 4.79 Å². The quantitative estimate of drug-likeness (QED) is 0.404. The molecular weight excluding hydrogens is 517 g/mol. The SMILES string of the molecule is Cc1nnc(SCC2=C(C(=O)O)N3C(=O)[C@@H](NC(=O)Cn4nc(C(F)(F)F)cc4C)[C@@H]3SC2)s1. The first kappa shape index (κ1) is 24.5. The van der Waals surface area contributed by atoms with Crippen molar-refractivity contribution in [2.24, 2.45) is 0 Å². The van der Waals surface area contributed by atoms with Gasteiger partial charge in [-0.1, -0.05) is 23.1 Å². The number of alkyl halides is 3. The van der Waals surface area contributed by atoms with Crippen molar-refractivity contribution in [2.75, 3.05) is 11.5 Å². The number of aliphatic carboxylic acids is 1. The summed E-state index contributed by atoms with van der Waals surface area (Å²) in [5.74, 6) is -1.89. The van der Waals surface area contributed by atoms with E-state index in [1.54, 1.807) is 6.92 Å². The Kier molecular flexibility index (Phi) is 6.65. The summed E-state index contributed by atoms with van der Waals surface area (Å²) in [6, 6.07) is -0.155. The minimum Gasteiger partial charge on any atom is -0.477 e. The van der Waals surface area contributed by atoms with Crippen LogP contribution in [0.1, 0.15) is 16.4 Å². The number of halogens is 3. The summed E-state index contributed by atoms with van der Waals surface area (Å²) < 4.78 is 40.1. The molecule has 2 aliphatic heterocycles. The molecule has 0 saturated carbocycles. The maximum absolute atomic E-state index is 12.8. The number of amides is 2. The van der Waals surface area contributed by atoms with Crippen LogP contribution in [0.5, 0.6) is 0 Å². The molecule has 0 aliphatic carbocycles. The third-order valence-electron chi connectivity index (χ3n) is 5.01. The predicted molar refractivity (Wildman–Crippen MR) is 117 cm³/mol. The first-order chi connectivity index (χ1) is 16.0. The fourth-order valence-electron chi connectivity index (χ4n) is 3.44. The molecule has 4 rings (SSSR count). The van der Waals surface area contributed by atoms with Crippen molar-refractivity contribution in [1.29, 1.82) is 0 Å². The van der Waals surface area contributed by atoms with Crippen LogP contribution in [0, 0.1) is 13.8 Å². The number of carbonyl (C=O) groups excluding carboxylic acids is 2. The van der Waals surface area contributed by atoms with Gasteiger partial charge in [0.2, 0.25) is 5.91 Å². The highest BCUT2D eigenvalue weighted by atomic mass is 32.2. The Morgan fingerprint density at radius 2 is 2.06 bits per heavy atom. The van der Waals surface area contributed by atoms with Crippen LogP contribution in [0.25, 0.3) is 0 Å². The summed E-state index contributed by atoms with van der Waals surface area (Å²) in [4.78, 5) is 38.2. The Balaban J connectivity index is 1.42. The minimum absolute atomic E-state index is 0.120. The molecule has 2 amide bonds. The van der Waals surface area contributed by atoms with E-state index in [0.717, 1.165) is 20.7 Å². The van der Waals surface area contributed by atoms with E-state index in [4.69, 9.17) is 0 Å². The lowest BCUT2D eigenvalue weighted by molar-refractivity contribution is -0.150. The maximum atomic E-state index is 12.8. The molecular formula is C18H17F3N6O4S3. The number of β-lactam (4-membered cyclic amide) rings is 1. The van der Waals surface area contributed by atoms with E-state index in [-0.39, 0.29) is 11.4 Å². The van der Waals surface area contributed by atoms with E-state index in [0.29, 0.717) is 21.4 Å². The van der Waals surface area contributed by atoms with Gasteiger partial charge in [0.25, 0.3) is 5.91 Å². The van der Waals surface area contributed by atoms with Gasteiger partial charge < -0.3 is 10.4 Å². The fraction of sp³-hybridized carbons (Fsp3) is 0.444. The van der Waals surface area contributed by atoms with Gasteiger partial charge in [0.05, 0.1) is 0 Å². The van der Waals surface area contributed by atoms with Crippen molar-refractivity contribution < 1.29 is 32.7 Å². The van der Waals surface area contributed by atoms with Gasteiger partial charge >= 0.3 is 12.1 Å². The largest absolute Gasteiger partial charge is 0.477 e. The van der Waals surface area contributed by atoms with Gasteiger partial charge in [0, 0.05) is 17.2 Å². The molecule has 0 aromatic carbocycles. The average Bonchev–Trinajstić information content (AvgIpc) is 3.34. The van der Waals surface area contributed by atoms with Crippen molar-refractivity contribution in [2.45, 2.75) is 42.3 Å². The molecule has 2 N–H and O–H groups in total. The molecule has 0 unspecified atom stereocenters. The lowest BCUT2D eigenvalue weighted by Crippen LogP contribution is -2.70. The van der Waals surface area contributed by atoms with Gasteiger partial charge in [-0.15, -0.1) is 22.0 Å². The van der Waals surface area contributed by atoms with Crippen LogP contribution in [0.4, 0.5) is 13.2 Å². The molecule has 0 spiro atoms. The average molecular weight is 535 g/mol. The molecule has 0 bridgehead atoms. The Labute approximate surface area is 203 Å². The van der Waals surface area contributed by atoms with Gasteiger partial charge in [0.1, 0.15) is 28.7 Å². The summed E-state index contributed by atoms with van der Waals surface area (Å²) in [6.45, 7) is 2.68. The predicted octanol–water partition coefficient (Wildman–Crippen LogP) is 1.90. The number of aryl methyl sites for hydroxylation is 2. The molecule has 2 atom stereocenters. The third-order valence-corrected chi connectivity index (χ3v) is 8.41. The number of hydrogen-bond donors (Lipinski definition) is 2. The monoisotopic (exact) mass is 534 g/mol. The Morgan fingerprint density at radius 3 is 2.65 bits per heavy atom. The van der Waals surface area contributed by atoms with E-state index >= 15 is 0 Å². The number of thioether (sulfide) groups is 2. The van der Waals surface area contributed by atoms with Crippen molar-refractivity contribution in [3.8, 4) is 0 Å². The van der Waals surface area contributed by atoms with Crippen LogP contribution >= 0.6 is 34.9 Å². The van der Waals surface area contributed by atoms with Crippen molar-refractivity contribution in [1.82, 2.24) is 30.2 Å². The second-order valence-corrected chi connectivity index (χ2v) is 10.9. The van der Waals surface area contributed by atoms with Gasteiger partial charge in [-0.2, -0.15) is 18.3 Å². The molecule has 4 heterocycles. The van der Waals surface area contributed by atoms with E-state index in [9.17, 15) is 32.7 Å². The van der Waals surface area contributed by atoms with E-state index in [2.05, 4.69) is 20.6 Å². The summed E-state index contributed by atoms with van der Waals surface area (Å²) in [6.07, 6.45) is -4.64. The van der Waals surface area contributed by atoms with Gasteiger partial charge in [0.15, 0.2) is 10.0 Å². The Bertz CT molecular complexity index is 1190. The lowest BCUT2D eigenvalue weighted by Gasteiger charge is -2.49. The molecule has 1 saturated heterocycles. The number of hydrogen-bond acceptors (Lipinski definition) is 9. The number of carboxylic acid groups (broad SMARTS) is 1. The zero-order chi connectivity index (χ0) is 24.8. The van der Waals surface area contributed by atoms with Crippen LogP contribution in [0.3, 0.4) is 0 Å². The smallest absolute Gasteiger partial charge is 0.435 e. The highest BCUT2D eigenvalue weighted by Crippen LogP contribution is 2.41. The highest BCUT2D eigenvalue weighted by molar-refractivity contribution is 8.01. The minimum atomic E-state index is -4.64. The van der Waals surface area contributed by atoms with Crippen molar-refractivity contribution in [3.05, 3.63) is 33.7 Å². The summed E-state index contributed by atoms with van der Waals surface area (Å²) in [5, 5.41) is 23.7. The number of rotatable bonds is 7. The molecule has 10 nitrogen and oxygen atoms in total. The van der Waals surface area contributed by atoms with Crippen LogP contribution in [-0.4, -0.2) is 70.7 Å². The number of carbonyl (C=O) groups is 3. The summed E-state index contributed by atoms with van der Waals surface area (Å²) in [5.41, 5.74) is -0.542. The van der Waals surface area contributed by atoms with Crippen molar-refractivity contribution >= 4 is 52.6 Å². The number of nitrogens with one attached hydrogen (secondary N) is 1. The van der Waals surface area contributed by atoms with E-state index in [1.165, 1.54) is 41.8 Å². The molecule has 34 heavy (non-hydrogen) atoms. The topological polar surface area (TPSA) is 130 Å². The van der Waals surface area contributed by atoms with Crippen molar-refractivity contribution in [3.63, 3.8) is 0 Å². The Hall–Kier alpha value is -2.59. The lowest BCUT2D eigenvalue weighted by atomic mass is 10.0. The summed E-state index contributed by atoms with van der Waals surface area (Å²) in [7, 11) is 0. The first-order valence-electron chi connectivity index (χ1n) is 9.69. The molecule has 2 aromatic rings. The zero-order valence-electron chi connectivity index (χ0n) is 17.6. The molecule has 182 valence electrons.